The van der Waals surface area contributed by atoms with E-state index in [1.54, 1.807) is 6.08 Å². The van der Waals surface area contributed by atoms with Crippen molar-refractivity contribution in [2.75, 3.05) is 0 Å². The molecular formula is C29H43NOSi. The van der Waals surface area contributed by atoms with Crippen LogP contribution in [0.25, 0.3) is 5.57 Å². The molecule has 0 aliphatic heterocycles. The summed E-state index contributed by atoms with van der Waals surface area (Å²) in [6, 6.07) is 8.42. The van der Waals surface area contributed by atoms with Crippen molar-refractivity contribution in [1.82, 2.24) is 4.90 Å². The van der Waals surface area contributed by atoms with Gasteiger partial charge in [0.15, 0.2) is 0 Å². The molecular weight excluding hydrogens is 406 g/mol. The summed E-state index contributed by atoms with van der Waals surface area (Å²) in [5.41, 5.74) is 8.20. The molecule has 1 rings (SSSR count). The Labute approximate surface area is 198 Å². The number of hydrogen-bond donors (Lipinski definition) is 0. The van der Waals surface area contributed by atoms with E-state index in [2.05, 4.69) is 83.9 Å². The van der Waals surface area contributed by atoms with Crippen LogP contribution in [0.5, 0.6) is 0 Å². The van der Waals surface area contributed by atoms with Crippen LogP contribution in [0.4, 0.5) is 0 Å². The molecule has 3 heteroatoms. The van der Waals surface area contributed by atoms with Gasteiger partial charge in [0.25, 0.3) is 0 Å². The molecule has 0 saturated carbocycles. The fraction of sp³-hybridized carbons (Fsp3) is 0.552. The van der Waals surface area contributed by atoms with Crippen LogP contribution >= 0.6 is 0 Å². The second-order valence-corrected chi connectivity index (χ2v) is 15.8. The minimum atomic E-state index is -1.82. The molecule has 2 nitrogen and oxygen atoms in total. The summed E-state index contributed by atoms with van der Waals surface area (Å²) in [7, 11) is -1.82. The van der Waals surface area contributed by atoms with Gasteiger partial charge in [0.05, 0.1) is 0 Å². The lowest BCUT2D eigenvalue weighted by Crippen LogP contribution is -2.43. The maximum absolute atomic E-state index is 13.1. The van der Waals surface area contributed by atoms with Crippen LogP contribution in [-0.2, 0) is 4.79 Å². The second kappa shape index (κ2) is 12.1. The Morgan fingerprint density at radius 2 is 1.28 bits per heavy atom. The molecule has 174 valence electrons. The average Bonchev–Trinajstić information content (AvgIpc) is 2.66. The number of amides is 1. The van der Waals surface area contributed by atoms with Gasteiger partial charge >= 0.3 is 0 Å². The number of carbonyl (C=O) groups is 1. The molecule has 0 spiro atoms. The largest absolute Gasteiger partial charge is 0.334 e. The summed E-state index contributed by atoms with van der Waals surface area (Å²) >= 11 is 0. The van der Waals surface area contributed by atoms with E-state index in [0.29, 0.717) is 16.6 Å². The first-order valence-electron chi connectivity index (χ1n) is 12.0. The van der Waals surface area contributed by atoms with E-state index in [0.717, 1.165) is 11.1 Å². The molecule has 1 amide bonds. The topological polar surface area (TPSA) is 20.3 Å². The van der Waals surface area contributed by atoms with Crippen LogP contribution in [0.2, 0.25) is 16.6 Å². The van der Waals surface area contributed by atoms with Gasteiger partial charge in [0, 0.05) is 23.7 Å². The van der Waals surface area contributed by atoms with Crippen molar-refractivity contribution in [3.63, 3.8) is 0 Å². The lowest BCUT2D eigenvalue weighted by Gasteiger charge is -2.37. The third-order valence-corrected chi connectivity index (χ3v) is 12.7. The van der Waals surface area contributed by atoms with Crippen LogP contribution in [0, 0.1) is 30.2 Å². The van der Waals surface area contributed by atoms with Crippen molar-refractivity contribution in [2.24, 2.45) is 0 Å². The van der Waals surface area contributed by atoms with Gasteiger partial charge in [-0.2, -0.15) is 0 Å². The van der Waals surface area contributed by atoms with Crippen LogP contribution in [0.15, 0.2) is 30.3 Å². The Hall–Kier alpha value is -2.23. The molecule has 0 aromatic heterocycles. The molecule has 0 aliphatic carbocycles. The molecule has 0 fully saturated rings. The number of benzene rings is 1. The van der Waals surface area contributed by atoms with Crippen molar-refractivity contribution in [3.05, 3.63) is 41.5 Å². The Morgan fingerprint density at radius 3 is 1.69 bits per heavy atom. The summed E-state index contributed by atoms with van der Waals surface area (Å²) in [6.07, 6.45) is 1.68. The predicted octanol–water partition coefficient (Wildman–Crippen LogP) is 7.25. The number of aryl methyl sites for hydroxylation is 1. The normalized spacial score (nSPS) is 12.2. The number of allylic oxidation sites excluding steroid dienone is 1. The number of rotatable bonds is 7. The first kappa shape index (κ1) is 27.8. The van der Waals surface area contributed by atoms with Crippen molar-refractivity contribution in [1.29, 1.82) is 0 Å². The van der Waals surface area contributed by atoms with Gasteiger partial charge < -0.3 is 4.90 Å². The smallest absolute Gasteiger partial charge is 0.248 e. The predicted molar refractivity (Wildman–Crippen MR) is 143 cm³/mol. The average molecular weight is 450 g/mol. The Kier molecular flexibility index (Phi) is 10.5. The number of hydrogen-bond acceptors (Lipinski definition) is 1. The van der Waals surface area contributed by atoms with Crippen molar-refractivity contribution >= 4 is 19.6 Å². The number of nitrogens with zero attached hydrogens (tertiary/aromatic N) is 1. The third-order valence-electron chi connectivity index (χ3n) is 6.40. The zero-order valence-electron chi connectivity index (χ0n) is 22.1. The van der Waals surface area contributed by atoms with Gasteiger partial charge in [0.2, 0.25) is 5.91 Å². The standard InChI is InChI=1S/C29H43NOSi/c1-21(2)30(22(3)4)29(31)20-28(27-17-15-26(11)16-18-27)14-12-13-19-32(23(5)6,24(7)8)25(9)10/h15-18,20-25H,1-11H3/b28-20-. The monoisotopic (exact) mass is 449 g/mol. The molecule has 0 bridgehead atoms. The van der Waals surface area contributed by atoms with Crippen LogP contribution < -0.4 is 0 Å². The third kappa shape index (κ3) is 6.88. The molecule has 32 heavy (non-hydrogen) atoms. The second-order valence-electron chi connectivity index (χ2n) is 10.3. The van der Waals surface area contributed by atoms with Crippen LogP contribution in [0.3, 0.4) is 0 Å². The van der Waals surface area contributed by atoms with Gasteiger partial charge in [-0.1, -0.05) is 77.3 Å². The lowest BCUT2D eigenvalue weighted by molar-refractivity contribution is -0.129. The highest BCUT2D eigenvalue weighted by molar-refractivity contribution is 6.90. The van der Waals surface area contributed by atoms with Gasteiger partial charge in [-0.05, 0) is 68.6 Å². The molecule has 0 unspecified atom stereocenters. The highest BCUT2D eigenvalue weighted by atomic mass is 28.3. The van der Waals surface area contributed by atoms with Gasteiger partial charge in [-0.3, -0.25) is 4.79 Å². The minimum Gasteiger partial charge on any atom is -0.334 e. The van der Waals surface area contributed by atoms with Gasteiger partial charge in [-0.25, -0.2) is 0 Å². The van der Waals surface area contributed by atoms with E-state index in [1.165, 1.54) is 5.56 Å². The van der Waals surface area contributed by atoms with E-state index in [1.807, 2.05) is 44.7 Å². The fourth-order valence-corrected chi connectivity index (χ4v) is 10.0. The molecule has 1 aromatic carbocycles. The van der Waals surface area contributed by atoms with Crippen LogP contribution in [0.1, 0.15) is 80.4 Å². The van der Waals surface area contributed by atoms with E-state index >= 15 is 0 Å². The maximum atomic E-state index is 13.1. The quantitative estimate of drug-likeness (QED) is 0.244. The zero-order chi connectivity index (χ0) is 24.6. The van der Waals surface area contributed by atoms with Crippen molar-refractivity contribution < 1.29 is 4.79 Å². The summed E-state index contributed by atoms with van der Waals surface area (Å²) in [5.74, 6) is 9.53. The Balaban J connectivity index is 3.50. The maximum Gasteiger partial charge on any atom is 0.248 e. The van der Waals surface area contributed by atoms with E-state index < -0.39 is 8.07 Å². The number of carbonyl (C=O) groups excluding carboxylic acids is 1. The summed E-state index contributed by atoms with van der Waals surface area (Å²) in [4.78, 5) is 15.0. The lowest BCUT2D eigenvalue weighted by atomic mass is 10.0. The zero-order valence-corrected chi connectivity index (χ0v) is 23.1. The SMILES string of the molecule is Cc1ccc(/C(C#CC#C[Si](C(C)C)(C(C)C)C(C)C)=C\C(=O)N(C(C)C)C(C)C)cc1. The Morgan fingerprint density at radius 1 is 0.812 bits per heavy atom. The molecule has 0 N–H and O–H groups in total. The van der Waals surface area contributed by atoms with Gasteiger partial charge in [-0.15, -0.1) is 5.54 Å². The fourth-order valence-electron chi connectivity index (χ4n) is 4.90. The minimum absolute atomic E-state index is 0.0110. The molecule has 0 saturated heterocycles. The van der Waals surface area contributed by atoms with Crippen LogP contribution in [-0.4, -0.2) is 31.0 Å². The molecule has 0 atom stereocenters. The van der Waals surface area contributed by atoms with Crippen molar-refractivity contribution in [3.8, 4) is 23.3 Å². The summed E-state index contributed by atoms with van der Waals surface area (Å²) in [5, 5.41) is 0. The molecule has 0 radical (unpaired) electrons. The summed E-state index contributed by atoms with van der Waals surface area (Å²) in [6.45, 7) is 24.1. The van der Waals surface area contributed by atoms with E-state index in [4.69, 9.17) is 0 Å². The first-order valence-corrected chi connectivity index (χ1v) is 14.2. The molecule has 0 aliphatic rings. The van der Waals surface area contributed by atoms with Gasteiger partial charge in [0.1, 0.15) is 8.07 Å². The highest BCUT2D eigenvalue weighted by Gasteiger charge is 2.41. The Bertz CT molecular complexity index is 882. The van der Waals surface area contributed by atoms with E-state index in [9.17, 15) is 4.79 Å². The summed E-state index contributed by atoms with van der Waals surface area (Å²) < 4.78 is 0. The van der Waals surface area contributed by atoms with Crippen molar-refractivity contribution in [2.45, 2.75) is 105 Å². The highest BCUT2D eigenvalue weighted by Crippen LogP contribution is 2.40. The first-order chi connectivity index (χ1) is 14.8. The van der Waals surface area contributed by atoms with E-state index in [-0.39, 0.29) is 18.0 Å². The molecule has 1 aromatic rings. The molecule has 0 heterocycles.